The molecule has 2 aromatic carbocycles. The van der Waals surface area contributed by atoms with Gasteiger partial charge in [0.15, 0.2) is 6.61 Å². The topological polar surface area (TPSA) is 143 Å². The first kappa shape index (κ1) is 31.1. The zero-order chi connectivity index (χ0) is 30.8. The van der Waals surface area contributed by atoms with Gasteiger partial charge in [-0.05, 0) is 62.2 Å². The van der Waals surface area contributed by atoms with E-state index in [0.29, 0.717) is 43.1 Å². The van der Waals surface area contributed by atoms with Crippen LogP contribution in [-0.4, -0.2) is 76.9 Å². The van der Waals surface area contributed by atoms with Gasteiger partial charge < -0.3 is 35.6 Å². The smallest absolute Gasteiger partial charge is 0.422 e. The molecule has 4 N–H and O–H groups in total. The number of rotatable bonds is 3. The van der Waals surface area contributed by atoms with Crippen molar-refractivity contribution in [2.45, 2.75) is 39.0 Å². The van der Waals surface area contributed by atoms with Gasteiger partial charge in [0.2, 0.25) is 11.9 Å². The highest BCUT2D eigenvalue weighted by molar-refractivity contribution is 5.94. The molecule has 15 heteroatoms. The van der Waals surface area contributed by atoms with Gasteiger partial charge in [0.05, 0.1) is 6.54 Å². The normalized spacial score (nSPS) is 14.7. The molecule has 3 aromatic rings. The van der Waals surface area contributed by atoms with E-state index in [2.05, 4.69) is 36.2 Å². The quantitative estimate of drug-likeness (QED) is 0.349. The van der Waals surface area contributed by atoms with E-state index in [9.17, 15) is 22.8 Å². The lowest BCUT2D eigenvalue weighted by molar-refractivity contribution is -0.154. The lowest BCUT2D eigenvalue weighted by Crippen LogP contribution is -2.45. The van der Waals surface area contributed by atoms with Crippen LogP contribution in [0.25, 0.3) is 0 Å². The molecule has 0 atom stereocenters. The van der Waals surface area contributed by atoms with Crippen LogP contribution < -0.4 is 30.7 Å². The van der Waals surface area contributed by atoms with E-state index in [1.165, 1.54) is 0 Å². The summed E-state index contributed by atoms with van der Waals surface area (Å²) >= 11 is 0. The Morgan fingerprint density at radius 3 is 2.44 bits per heavy atom. The van der Waals surface area contributed by atoms with Gasteiger partial charge in [-0.1, -0.05) is 12.1 Å². The second-order valence-corrected chi connectivity index (χ2v) is 9.92. The largest absolute Gasteiger partial charge is 0.492 e. The number of benzene rings is 2. The molecule has 1 aromatic heterocycles. The standard InChI is InChI=1S/C28H33F3N8O4/c1-18(2)34-27(41)39-13-3-12-32-23(40)20-6-8-21(9-7-20)35-25-36-24(37-26(38-25)43-17-28(29,30)31)33-16-19-4-10-22(11-5-19)42-15-14-39/h4-11,18H,3,12-17H2,1-2H3,(H,32,40)(H,34,41)(H2,33,35,36,37,38). The van der Waals surface area contributed by atoms with Crippen molar-refractivity contribution in [2.75, 3.05) is 43.5 Å². The zero-order valence-electron chi connectivity index (χ0n) is 23.7. The lowest BCUT2D eigenvalue weighted by atomic mass is 10.2. The Balaban J connectivity index is 1.55. The van der Waals surface area contributed by atoms with Gasteiger partial charge in [0.1, 0.15) is 12.4 Å². The van der Waals surface area contributed by atoms with Crippen LogP contribution in [-0.2, 0) is 6.54 Å². The molecule has 0 fully saturated rings. The van der Waals surface area contributed by atoms with Gasteiger partial charge in [0, 0.05) is 36.9 Å². The number of alkyl halides is 3. The van der Waals surface area contributed by atoms with Crippen LogP contribution in [0.3, 0.4) is 0 Å². The van der Waals surface area contributed by atoms with Crippen molar-refractivity contribution in [1.29, 1.82) is 0 Å². The molecule has 0 spiro atoms. The molecule has 230 valence electrons. The van der Waals surface area contributed by atoms with E-state index in [1.54, 1.807) is 41.3 Å². The Morgan fingerprint density at radius 2 is 1.74 bits per heavy atom. The molecule has 0 unspecified atom stereocenters. The number of nitrogens with one attached hydrogen (secondary N) is 4. The molecule has 0 saturated carbocycles. The second kappa shape index (κ2) is 14.4. The van der Waals surface area contributed by atoms with Crippen molar-refractivity contribution in [3.8, 4) is 11.8 Å². The maximum atomic E-state index is 12.8. The molecule has 5 heterocycles. The summed E-state index contributed by atoms with van der Waals surface area (Å²) in [4.78, 5) is 39.2. The molecule has 0 saturated heterocycles. The molecule has 43 heavy (non-hydrogen) atoms. The van der Waals surface area contributed by atoms with E-state index < -0.39 is 18.8 Å². The number of amides is 3. The van der Waals surface area contributed by atoms with E-state index in [-0.39, 0.29) is 43.0 Å². The monoisotopic (exact) mass is 602 g/mol. The number of aromatic nitrogens is 3. The molecular weight excluding hydrogens is 569 g/mol. The summed E-state index contributed by atoms with van der Waals surface area (Å²) in [5, 5.41) is 11.6. The highest BCUT2D eigenvalue weighted by Crippen LogP contribution is 2.21. The number of anilines is 3. The van der Waals surface area contributed by atoms with Gasteiger partial charge in [-0.2, -0.15) is 28.1 Å². The molecule has 3 amide bonds. The van der Waals surface area contributed by atoms with Crippen molar-refractivity contribution in [1.82, 2.24) is 30.5 Å². The minimum Gasteiger partial charge on any atom is -0.492 e. The molecule has 0 radical (unpaired) electrons. The van der Waals surface area contributed by atoms with Gasteiger partial charge in [0.25, 0.3) is 5.91 Å². The van der Waals surface area contributed by atoms with E-state index in [1.807, 2.05) is 26.0 Å². The maximum Gasteiger partial charge on any atom is 0.422 e. The third kappa shape index (κ3) is 10.2. The van der Waals surface area contributed by atoms with Crippen LogP contribution in [0.1, 0.15) is 36.2 Å². The summed E-state index contributed by atoms with van der Waals surface area (Å²) in [6.45, 7) is 3.78. The summed E-state index contributed by atoms with van der Waals surface area (Å²) in [6.07, 6.45) is -4.05. The van der Waals surface area contributed by atoms with Gasteiger partial charge >= 0.3 is 18.2 Å². The summed E-state index contributed by atoms with van der Waals surface area (Å²) in [5.41, 5.74) is 1.70. The van der Waals surface area contributed by atoms with Gasteiger partial charge in [-0.25, -0.2) is 4.79 Å². The number of carbonyl (C=O) groups is 2. The molecule has 7 rings (SSSR count). The second-order valence-electron chi connectivity index (χ2n) is 9.92. The molecule has 12 nitrogen and oxygen atoms in total. The predicted molar refractivity (Wildman–Crippen MR) is 153 cm³/mol. The van der Waals surface area contributed by atoms with Crippen LogP contribution >= 0.6 is 0 Å². The lowest BCUT2D eigenvalue weighted by Gasteiger charge is -2.24. The molecule has 4 aliphatic heterocycles. The Hall–Kier alpha value is -4.82. The Bertz CT molecular complexity index is 1370. The number of carbonyl (C=O) groups excluding carboxylic acids is 2. The molecule has 4 aliphatic rings. The van der Waals surface area contributed by atoms with Crippen LogP contribution in [0.15, 0.2) is 48.5 Å². The van der Waals surface area contributed by atoms with Crippen LogP contribution in [0.4, 0.5) is 35.5 Å². The Labute approximate surface area is 246 Å². The van der Waals surface area contributed by atoms with Crippen molar-refractivity contribution >= 4 is 29.5 Å². The third-order valence-corrected chi connectivity index (χ3v) is 5.98. The summed E-state index contributed by atoms with van der Waals surface area (Å²) in [6, 6.07) is 12.8. The fourth-order valence-electron chi connectivity index (χ4n) is 3.92. The van der Waals surface area contributed by atoms with Crippen LogP contribution in [0.2, 0.25) is 0 Å². The number of halogens is 3. The SMILES string of the molecule is CC(C)NC(=O)N1CCCNC(=O)c2ccc(cc2)Nc2nc(nc(OCC(F)(F)F)n2)NCc2ccc(cc2)OCC1. The molecular formula is C28H33F3N8O4. The summed E-state index contributed by atoms with van der Waals surface area (Å²) in [7, 11) is 0. The number of nitrogens with zero attached hydrogens (tertiary/aromatic N) is 4. The number of hydrogen-bond donors (Lipinski definition) is 4. The van der Waals surface area contributed by atoms with E-state index >= 15 is 0 Å². The Morgan fingerprint density at radius 1 is 1.02 bits per heavy atom. The minimum atomic E-state index is -4.58. The summed E-state index contributed by atoms with van der Waals surface area (Å²) < 4.78 is 48.9. The van der Waals surface area contributed by atoms with Gasteiger partial charge in [-0.15, -0.1) is 0 Å². The van der Waals surface area contributed by atoms with Crippen molar-refractivity contribution in [3.63, 3.8) is 0 Å². The average Bonchev–Trinajstić information content (AvgIpc) is 2.96. The number of ether oxygens (including phenoxy) is 2. The third-order valence-electron chi connectivity index (χ3n) is 5.98. The minimum absolute atomic E-state index is 0.0100. The van der Waals surface area contributed by atoms with E-state index in [0.717, 1.165) is 5.56 Å². The first-order valence-corrected chi connectivity index (χ1v) is 13.7. The first-order chi connectivity index (χ1) is 20.5. The molecule has 0 aliphatic carbocycles. The number of urea groups is 1. The average molecular weight is 603 g/mol. The van der Waals surface area contributed by atoms with Crippen LogP contribution in [0, 0.1) is 0 Å². The Kier molecular flexibility index (Phi) is 10.4. The van der Waals surface area contributed by atoms with Crippen molar-refractivity contribution in [3.05, 3.63) is 59.7 Å². The zero-order valence-corrected chi connectivity index (χ0v) is 23.7. The number of hydrogen-bond acceptors (Lipinski definition) is 9. The first-order valence-electron chi connectivity index (χ1n) is 13.7. The molecule has 6 bridgehead atoms. The maximum absolute atomic E-state index is 12.8. The van der Waals surface area contributed by atoms with Gasteiger partial charge in [-0.3, -0.25) is 4.79 Å². The fraction of sp³-hybridized carbons (Fsp3) is 0.393. The van der Waals surface area contributed by atoms with Crippen molar-refractivity contribution < 1.29 is 32.2 Å². The predicted octanol–water partition coefficient (Wildman–Crippen LogP) is 4.10. The van der Waals surface area contributed by atoms with Crippen molar-refractivity contribution in [2.24, 2.45) is 0 Å². The highest BCUT2D eigenvalue weighted by atomic mass is 19.4. The highest BCUT2D eigenvalue weighted by Gasteiger charge is 2.29. The van der Waals surface area contributed by atoms with E-state index in [4.69, 9.17) is 9.47 Å². The summed E-state index contributed by atoms with van der Waals surface area (Å²) in [5.74, 6) is 0.228. The van der Waals surface area contributed by atoms with Crippen LogP contribution in [0.5, 0.6) is 11.8 Å². The fourth-order valence-corrected chi connectivity index (χ4v) is 3.92.